The molecular weight excluding hydrogens is 221 g/mol. The number of carbonyl (C=O) groups excluding carboxylic acids is 1. The molecule has 1 aliphatic rings. The van der Waals surface area contributed by atoms with Gasteiger partial charge in [0.15, 0.2) is 5.78 Å². The van der Waals surface area contributed by atoms with Crippen LogP contribution in [0.15, 0.2) is 0 Å². The summed E-state index contributed by atoms with van der Waals surface area (Å²) < 4.78 is 35.8. The molecule has 94 valence electrons. The van der Waals surface area contributed by atoms with Crippen LogP contribution in [0.3, 0.4) is 0 Å². The number of aliphatic hydroxyl groups is 1. The van der Waals surface area contributed by atoms with Gasteiger partial charge in [-0.05, 0) is 31.6 Å². The predicted molar refractivity (Wildman–Crippen MR) is 52.9 cm³/mol. The molecule has 5 heteroatoms. The minimum Gasteiger partial charge on any atom is -0.382 e. The van der Waals surface area contributed by atoms with Crippen molar-refractivity contribution in [3.63, 3.8) is 0 Å². The second-order valence-corrected chi connectivity index (χ2v) is 4.75. The van der Waals surface area contributed by atoms with Crippen LogP contribution in [0.2, 0.25) is 0 Å². The van der Waals surface area contributed by atoms with E-state index >= 15 is 0 Å². The van der Waals surface area contributed by atoms with Crippen molar-refractivity contribution in [2.75, 3.05) is 0 Å². The van der Waals surface area contributed by atoms with Gasteiger partial charge in [-0.25, -0.2) is 0 Å². The van der Waals surface area contributed by atoms with Gasteiger partial charge in [0.1, 0.15) is 5.60 Å². The lowest BCUT2D eigenvalue weighted by Gasteiger charge is -2.33. The van der Waals surface area contributed by atoms with Crippen molar-refractivity contribution in [3.8, 4) is 0 Å². The lowest BCUT2D eigenvalue weighted by atomic mass is 9.76. The van der Waals surface area contributed by atoms with E-state index in [1.807, 2.05) is 6.92 Å². The third kappa shape index (κ3) is 3.77. The summed E-state index contributed by atoms with van der Waals surface area (Å²) in [5.74, 6) is -0.215. The van der Waals surface area contributed by atoms with E-state index in [0.29, 0.717) is 31.6 Å². The molecule has 0 amide bonds. The number of hydrogen-bond acceptors (Lipinski definition) is 2. The standard InChI is InChI=1S/C11H17F3O2/c1-8-2-5-10(16,6-3-8)9(15)4-7-11(12,13)14/h8,16H,2-7H2,1H3. The Morgan fingerprint density at radius 1 is 1.38 bits per heavy atom. The first-order valence-electron chi connectivity index (χ1n) is 5.55. The normalized spacial score (nSPS) is 31.4. The van der Waals surface area contributed by atoms with Crippen LogP contribution < -0.4 is 0 Å². The van der Waals surface area contributed by atoms with Crippen LogP contribution in [0.25, 0.3) is 0 Å². The highest BCUT2D eigenvalue weighted by molar-refractivity contribution is 5.87. The zero-order chi connectivity index (χ0) is 12.4. The molecule has 2 nitrogen and oxygen atoms in total. The summed E-state index contributed by atoms with van der Waals surface area (Å²) in [5.41, 5.74) is -1.50. The molecule has 1 rings (SSSR count). The molecule has 0 aromatic heterocycles. The Morgan fingerprint density at radius 2 is 1.88 bits per heavy atom. The Morgan fingerprint density at radius 3 is 2.31 bits per heavy atom. The quantitative estimate of drug-likeness (QED) is 0.820. The van der Waals surface area contributed by atoms with E-state index in [0.717, 1.165) is 0 Å². The average molecular weight is 238 g/mol. The Bertz CT molecular complexity index is 252. The molecule has 1 aliphatic carbocycles. The first-order chi connectivity index (χ1) is 7.23. The predicted octanol–water partition coefficient (Wildman–Crippen LogP) is 2.84. The maximum absolute atomic E-state index is 11.9. The van der Waals surface area contributed by atoms with Gasteiger partial charge in [-0.3, -0.25) is 4.79 Å². The third-order valence-corrected chi connectivity index (χ3v) is 3.26. The summed E-state index contributed by atoms with van der Waals surface area (Å²) in [6.07, 6.45) is -4.07. The van der Waals surface area contributed by atoms with Crippen molar-refractivity contribution in [2.45, 2.75) is 57.2 Å². The number of ketones is 1. The molecule has 0 saturated heterocycles. The third-order valence-electron chi connectivity index (χ3n) is 3.26. The lowest BCUT2D eigenvalue weighted by molar-refractivity contribution is -0.154. The van der Waals surface area contributed by atoms with Gasteiger partial charge in [0.25, 0.3) is 0 Å². The summed E-state index contributed by atoms with van der Waals surface area (Å²) in [5, 5.41) is 9.94. The average Bonchev–Trinajstić information content (AvgIpc) is 2.18. The molecule has 0 bridgehead atoms. The highest BCUT2D eigenvalue weighted by Gasteiger charge is 2.40. The van der Waals surface area contributed by atoms with Gasteiger partial charge in [-0.1, -0.05) is 6.92 Å². The summed E-state index contributed by atoms with van der Waals surface area (Å²) >= 11 is 0. The van der Waals surface area contributed by atoms with Crippen molar-refractivity contribution in [1.82, 2.24) is 0 Å². The molecule has 0 radical (unpaired) electrons. The highest BCUT2D eigenvalue weighted by Crippen LogP contribution is 2.34. The number of hydrogen-bond donors (Lipinski definition) is 1. The maximum atomic E-state index is 11.9. The topological polar surface area (TPSA) is 37.3 Å². The Labute approximate surface area is 92.8 Å². The van der Waals surface area contributed by atoms with E-state index in [-0.39, 0.29) is 0 Å². The van der Waals surface area contributed by atoms with Crippen LogP contribution in [0.5, 0.6) is 0 Å². The molecular formula is C11H17F3O2. The zero-order valence-corrected chi connectivity index (χ0v) is 9.31. The molecule has 16 heavy (non-hydrogen) atoms. The summed E-state index contributed by atoms with van der Waals surface area (Å²) in [4.78, 5) is 11.5. The van der Waals surface area contributed by atoms with E-state index in [1.165, 1.54) is 0 Å². The SMILES string of the molecule is CC1CCC(O)(C(=O)CCC(F)(F)F)CC1. The van der Waals surface area contributed by atoms with E-state index in [2.05, 4.69) is 0 Å². The lowest BCUT2D eigenvalue weighted by Crippen LogP contribution is -2.42. The van der Waals surface area contributed by atoms with Crippen molar-refractivity contribution < 1.29 is 23.1 Å². The first kappa shape index (κ1) is 13.5. The van der Waals surface area contributed by atoms with Crippen LogP contribution in [0, 0.1) is 5.92 Å². The molecule has 0 aliphatic heterocycles. The number of rotatable bonds is 3. The second kappa shape index (κ2) is 4.73. The number of carbonyl (C=O) groups is 1. The second-order valence-electron chi connectivity index (χ2n) is 4.75. The van der Waals surface area contributed by atoms with Crippen molar-refractivity contribution >= 4 is 5.78 Å². The molecule has 1 saturated carbocycles. The van der Waals surface area contributed by atoms with Crippen LogP contribution in [0.4, 0.5) is 13.2 Å². The summed E-state index contributed by atoms with van der Waals surface area (Å²) in [6.45, 7) is 2.01. The van der Waals surface area contributed by atoms with Gasteiger partial charge in [-0.2, -0.15) is 13.2 Å². The van der Waals surface area contributed by atoms with Crippen LogP contribution in [0.1, 0.15) is 45.4 Å². The number of Topliss-reactive ketones (excluding diaryl/α,β-unsaturated/α-hetero) is 1. The van der Waals surface area contributed by atoms with Crippen LogP contribution >= 0.6 is 0 Å². The minimum absolute atomic E-state index is 0.296. The van der Waals surface area contributed by atoms with Crippen LogP contribution in [-0.4, -0.2) is 22.7 Å². The monoisotopic (exact) mass is 238 g/mol. The molecule has 0 aromatic carbocycles. The Kier molecular flexibility index (Phi) is 3.99. The van der Waals surface area contributed by atoms with Gasteiger partial charge < -0.3 is 5.11 Å². The fourth-order valence-electron chi connectivity index (χ4n) is 2.01. The molecule has 0 unspecified atom stereocenters. The van der Waals surface area contributed by atoms with Crippen molar-refractivity contribution in [1.29, 1.82) is 0 Å². The fraction of sp³-hybridized carbons (Fsp3) is 0.909. The smallest absolute Gasteiger partial charge is 0.382 e. The maximum Gasteiger partial charge on any atom is 0.389 e. The van der Waals surface area contributed by atoms with Crippen molar-refractivity contribution in [3.05, 3.63) is 0 Å². The van der Waals surface area contributed by atoms with E-state index in [9.17, 15) is 23.1 Å². The summed E-state index contributed by atoms with van der Waals surface area (Å²) in [7, 11) is 0. The van der Waals surface area contributed by atoms with E-state index in [1.54, 1.807) is 0 Å². The molecule has 1 fully saturated rings. The number of halogens is 3. The van der Waals surface area contributed by atoms with E-state index in [4.69, 9.17) is 0 Å². The molecule has 0 heterocycles. The first-order valence-corrected chi connectivity index (χ1v) is 5.55. The summed E-state index contributed by atoms with van der Waals surface area (Å²) in [6, 6.07) is 0. The van der Waals surface area contributed by atoms with Gasteiger partial charge in [0.05, 0.1) is 6.42 Å². The van der Waals surface area contributed by atoms with Gasteiger partial charge >= 0.3 is 6.18 Å². The van der Waals surface area contributed by atoms with Gasteiger partial charge in [0, 0.05) is 6.42 Å². The molecule has 0 aromatic rings. The molecule has 1 N–H and O–H groups in total. The van der Waals surface area contributed by atoms with Crippen molar-refractivity contribution in [2.24, 2.45) is 5.92 Å². The highest BCUT2D eigenvalue weighted by atomic mass is 19.4. The molecule has 0 atom stereocenters. The Balaban J connectivity index is 2.47. The Hall–Kier alpha value is -0.580. The van der Waals surface area contributed by atoms with E-state index < -0.39 is 30.4 Å². The molecule has 0 spiro atoms. The van der Waals surface area contributed by atoms with Gasteiger partial charge in [-0.15, -0.1) is 0 Å². The zero-order valence-electron chi connectivity index (χ0n) is 9.31. The van der Waals surface area contributed by atoms with Gasteiger partial charge in [0.2, 0.25) is 0 Å². The minimum atomic E-state index is -4.33. The number of alkyl halides is 3. The van der Waals surface area contributed by atoms with Crippen LogP contribution in [-0.2, 0) is 4.79 Å². The largest absolute Gasteiger partial charge is 0.389 e. The fourth-order valence-corrected chi connectivity index (χ4v) is 2.01.